The van der Waals surface area contributed by atoms with Crippen LogP contribution in [0.5, 0.6) is 11.5 Å². The number of esters is 1. The molecule has 11 heteroatoms. The molecule has 238 valence electrons. The highest BCUT2D eigenvalue weighted by atomic mass is 79.9. The molecule has 4 aromatic carbocycles. The molecule has 1 atom stereocenters. The molecule has 0 bridgehead atoms. The van der Waals surface area contributed by atoms with Crippen molar-refractivity contribution in [1.29, 1.82) is 0 Å². The van der Waals surface area contributed by atoms with Gasteiger partial charge in [-0.2, -0.15) is 0 Å². The van der Waals surface area contributed by atoms with Gasteiger partial charge in [0.1, 0.15) is 18.1 Å². The lowest BCUT2D eigenvalue weighted by Crippen LogP contribution is -2.40. The summed E-state index contributed by atoms with van der Waals surface area (Å²) in [4.78, 5) is 33.3. The standard InChI is InChI=1S/C36H27Br2ClN2O5S/c1-3-45-35(43)30-31(22-10-5-4-6-11-22)40-36-41(32(30)23-13-9-14-25(19-23)44-2)34(42)29(47-36)18-21-16-26(37)33(27(38)17-21)46-20-24-12-7-8-15-28(24)39/h4-19,32H,3,20H2,1-2H3/b29-18-/t32-/m0/s1. The molecule has 1 aliphatic rings. The number of rotatable bonds is 9. The second kappa shape index (κ2) is 14.4. The summed E-state index contributed by atoms with van der Waals surface area (Å²) in [5.41, 5.74) is 3.48. The van der Waals surface area contributed by atoms with Crippen LogP contribution in [0.3, 0.4) is 0 Å². The number of benzene rings is 4. The van der Waals surface area contributed by atoms with Crippen LogP contribution in [-0.2, 0) is 16.1 Å². The first-order chi connectivity index (χ1) is 22.8. The third-order valence-corrected chi connectivity index (χ3v) is 9.96. The Labute approximate surface area is 296 Å². The minimum absolute atomic E-state index is 0.168. The average molecular weight is 795 g/mol. The van der Waals surface area contributed by atoms with Gasteiger partial charge >= 0.3 is 5.97 Å². The van der Waals surface area contributed by atoms with E-state index >= 15 is 0 Å². The smallest absolute Gasteiger partial charge is 0.338 e. The molecule has 0 saturated carbocycles. The zero-order chi connectivity index (χ0) is 33.1. The van der Waals surface area contributed by atoms with E-state index in [2.05, 4.69) is 31.9 Å². The Kier molecular flexibility index (Phi) is 10.1. The Balaban J connectivity index is 1.49. The molecule has 1 aliphatic heterocycles. The molecule has 47 heavy (non-hydrogen) atoms. The summed E-state index contributed by atoms with van der Waals surface area (Å²) in [6, 6.07) is 27.2. The fourth-order valence-corrected chi connectivity index (χ4v) is 7.93. The van der Waals surface area contributed by atoms with Gasteiger partial charge in [0.05, 0.1) is 44.5 Å². The summed E-state index contributed by atoms with van der Waals surface area (Å²) in [6.45, 7) is 2.20. The van der Waals surface area contributed by atoms with Gasteiger partial charge < -0.3 is 14.2 Å². The predicted molar refractivity (Wildman–Crippen MR) is 192 cm³/mol. The van der Waals surface area contributed by atoms with Crippen molar-refractivity contribution in [3.8, 4) is 11.5 Å². The number of fused-ring (bicyclic) bond motifs is 1. The summed E-state index contributed by atoms with van der Waals surface area (Å²) in [5.74, 6) is 0.656. The van der Waals surface area contributed by atoms with Crippen LogP contribution in [0, 0.1) is 0 Å². The number of methoxy groups -OCH3 is 1. The maximum atomic E-state index is 14.3. The lowest BCUT2D eigenvalue weighted by Gasteiger charge is -2.26. The number of nitrogens with zero attached hydrogens (tertiary/aromatic N) is 2. The third kappa shape index (κ3) is 6.87. The van der Waals surface area contributed by atoms with Crippen molar-refractivity contribution in [3.05, 3.63) is 152 Å². The quantitative estimate of drug-likeness (QED) is 0.143. The van der Waals surface area contributed by atoms with Crippen LogP contribution < -0.4 is 24.4 Å². The van der Waals surface area contributed by atoms with Gasteiger partial charge in [-0.25, -0.2) is 9.79 Å². The summed E-state index contributed by atoms with van der Waals surface area (Å²) < 4.78 is 20.6. The first kappa shape index (κ1) is 33.0. The van der Waals surface area contributed by atoms with Gasteiger partial charge in [-0.05, 0) is 86.3 Å². The number of carbonyl (C=O) groups excluding carboxylic acids is 1. The van der Waals surface area contributed by atoms with E-state index < -0.39 is 12.0 Å². The van der Waals surface area contributed by atoms with E-state index in [1.54, 1.807) is 24.7 Å². The molecule has 0 radical (unpaired) electrons. The molecule has 1 aromatic heterocycles. The minimum Gasteiger partial charge on any atom is -0.497 e. The zero-order valence-corrected chi connectivity index (χ0v) is 30.0. The van der Waals surface area contributed by atoms with Crippen molar-refractivity contribution in [2.45, 2.75) is 19.6 Å². The highest BCUT2D eigenvalue weighted by Gasteiger charge is 2.35. The summed E-state index contributed by atoms with van der Waals surface area (Å²) >= 11 is 14.8. The Bertz CT molecular complexity index is 2170. The maximum absolute atomic E-state index is 14.3. The number of ether oxygens (including phenoxy) is 3. The molecule has 0 amide bonds. The van der Waals surface area contributed by atoms with Crippen LogP contribution in [0.15, 0.2) is 115 Å². The molecule has 2 heterocycles. The van der Waals surface area contributed by atoms with Crippen LogP contribution in [0.2, 0.25) is 5.02 Å². The average Bonchev–Trinajstić information content (AvgIpc) is 3.38. The van der Waals surface area contributed by atoms with Crippen molar-refractivity contribution in [3.63, 3.8) is 0 Å². The highest BCUT2D eigenvalue weighted by Crippen LogP contribution is 2.37. The van der Waals surface area contributed by atoms with Gasteiger partial charge in [0, 0.05) is 16.1 Å². The van der Waals surface area contributed by atoms with E-state index in [-0.39, 0.29) is 24.3 Å². The van der Waals surface area contributed by atoms with Crippen LogP contribution in [0.25, 0.3) is 11.8 Å². The molecular formula is C36H27Br2ClN2O5S. The molecule has 0 spiro atoms. The van der Waals surface area contributed by atoms with Gasteiger partial charge in [0.25, 0.3) is 5.56 Å². The van der Waals surface area contributed by atoms with Crippen LogP contribution in [0.1, 0.15) is 35.2 Å². The Hall–Kier alpha value is -3.96. The topological polar surface area (TPSA) is 79.1 Å². The highest BCUT2D eigenvalue weighted by molar-refractivity contribution is 9.11. The van der Waals surface area contributed by atoms with E-state index in [4.69, 9.17) is 30.8 Å². The predicted octanol–water partition coefficient (Wildman–Crippen LogP) is 7.70. The normalized spacial score (nSPS) is 14.4. The van der Waals surface area contributed by atoms with Crippen LogP contribution in [0.4, 0.5) is 0 Å². The first-order valence-electron chi connectivity index (χ1n) is 14.6. The van der Waals surface area contributed by atoms with Gasteiger partial charge in [-0.15, -0.1) is 0 Å². The number of halogens is 3. The van der Waals surface area contributed by atoms with Crippen LogP contribution >= 0.6 is 54.8 Å². The molecule has 0 unspecified atom stereocenters. The summed E-state index contributed by atoms with van der Waals surface area (Å²) in [7, 11) is 1.57. The maximum Gasteiger partial charge on any atom is 0.338 e. The van der Waals surface area contributed by atoms with Crippen LogP contribution in [-0.4, -0.2) is 24.3 Å². The summed E-state index contributed by atoms with van der Waals surface area (Å²) in [5, 5.41) is 0.625. The Morgan fingerprint density at radius 1 is 1.00 bits per heavy atom. The number of hydrogen-bond donors (Lipinski definition) is 0. The molecule has 6 rings (SSSR count). The SMILES string of the molecule is CCOC(=O)C1=C(c2ccccc2)N=c2s/c(=C\c3cc(Br)c(OCc4ccccc4Cl)c(Br)c3)c(=O)n2[C@H]1c1cccc(OC)c1. The lowest BCUT2D eigenvalue weighted by atomic mass is 9.93. The molecule has 7 nitrogen and oxygen atoms in total. The molecular weight excluding hydrogens is 768 g/mol. The number of aromatic nitrogens is 1. The fraction of sp³-hybridized carbons (Fsp3) is 0.139. The Morgan fingerprint density at radius 3 is 2.43 bits per heavy atom. The first-order valence-corrected chi connectivity index (χ1v) is 17.3. The van der Waals surface area contributed by atoms with E-state index in [1.807, 2.05) is 91.0 Å². The van der Waals surface area contributed by atoms with Crippen molar-refractivity contribution in [2.24, 2.45) is 4.99 Å². The monoisotopic (exact) mass is 792 g/mol. The number of thiazole rings is 1. The van der Waals surface area contributed by atoms with Crippen molar-refractivity contribution in [1.82, 2.24) is 4.57 Å². The van der Waals surface area contributed by atoms with Gasteiger partial charge in [-0.1, -0.05) is 83.6 Å². The van der Waals surface area contributed by atoms with Gasteiger partial charge in [0.2, 0.25) is 0 Å². The molecule has 0 N–H and O–H groups in total. The van der Waals surface area contributed by atoms with Crippen molar-refractivity contribution < 1.29 is 19.0 Å². The summed E-state index contributed by atoms with van der Waals surface area (Å²) in [6.07, 6.45) is 1.80. The molecule has 0 saturated heterocycles. The van der Waals surface area contributed by atoms with Crippen molar-refractivity contribution >= 4 is 72.5 Å². The Morgan fingerprint density at radius 2 is 1.72 bits per heavy atom. The lowest BCUT2D eigenvalue weighted by molar-refractivity contribution is -0.138. The zero-order valence-electron chi connectivity index (χ0n) is 25.2. The van der Waals surface area contributed by atoms with Crippen molar-refractivity contribution in [2.75, 3.05) is 13.7 Å². The molecule has 5 aromatic rings. The second-order valence-corrected chi connectivity index (χ2v) is 13.5. The largest absolute Gasteiger partial charge is 0.497 e. The molecule has 0 fully saturated rings. The minimum atomic E-state index is -0.809. The van der Waals surface area contributed by atoms with E-state index in [0.717, 1.165) is 16.7 Å². The van der Waals surface area contributed by atoms with E-state index in [9.17, 15) is 9.59 Å². The molecule has 0 aliphatic carbocycles. The van der Waals surface area contributed by atoms with E-state index in [0.29, 0.717) is 46.1 Å². The third-order valence-electron chi connectivity index (χ3n) is 7.43. The number of hydrogen-bond acceptors (Lipinski definition) is 7. The second-order valence-electron chi connectivity index (χ2n) is 10.4. The van der Waals surface area contributed by atoms with Gasteiger partial charge in [0.15, 0.2) is 4.80 Å². The fourth-order valence-electron chi connectivity index (χ4n) is 5.28. The van der Waals surface area contributed by atoms with E-state index in [1.165, 1.54) is 11.3 Å². The number of carbonyl (C=O) groups is 1. The van der Waals surface area contributed by atoms with Gasteiger partial charge in [-0.3, -0.25) is 9.36 Å².